The van der Waals surface area contributed by atoms with Crippen molar-refractivity contribution < 1.29 is 14.2 Å². The summed E-state index contributed by atoms with van der Waals surface area (Å²) in [6.45, 7) is 0.889. The lowest BCUT2D eigenvalue weighted by molar-refractivity contribution is 0.225. The maximum absolute atomic E-state index is 8.28. The maximum Gasteiger partial charge on any atom is 0.156 e. The zero-order valence-corrected chi connectivity index (χ0v) is 6.17. The predicted octanol–water partition coefficient (Wildman–Crippen LogP) is -0.173. The number of hydrogen-bond acceptors (Lipinski definition) is 4. The monoisotopic (exact) mass is 153 g/mol. The SMILES string of the molecule is NCOPOCCCO. The van der Waals surface area contributed by atoms with Crippen molar-refractivity contribution in [3.8, 4) is 0 Å². The van der Waals surface area contributed by atoms with Crippen molar-refractivity contribution in [3.63, 3.8) is 0 Å². The topological polar surface area (TPSA) is 64.7 Å². The van der Waals surface area contributed by atoms with E-state index in [0.717, 1.165) is 0 Å². The van der Waals surface area contributed by atoms with Crippen LogP contribution < -0.4 is 5.73 Å². The molecule has 56 valence electrons. The van der Waals surface area contributed by atoms with Crippen LogP contribution in [0.2, 0.25) is 0 Å². The summed E-state index contributed by atoms with van der Waals surface area (Å²) in [5.41, 5.74) is 5.00. The highest BCUT2D eigenvalue weighted by molar-refractivity contribution is 7.26. The fourth-order valence-electron chi connectivity index (χ4n) is 0.254. The third-order valence-electron chi connectivity index (χ3n) is 0.606. The number of aliphatic hydroxyl groups excluding tert-OH is 1. The molecule has 0 radical (unpaired) electrons. The summed E-state index contributed by atoms with van der Waals surface area (Å²) in [6, 6.07) is 0. The molecule has 0 spiro atoms. The van der Waals surface area contributed by atoms with Crippen LogP contribution in [0.3, 0.4) is 0 Å². The fraction of sp³-hybridized carbons (Fsp3) is 1.00. The van der Waals surface area contributed by atoms with Gasteiger partial charge in [0.25, 0.3) is 0 Å². The molecule has 9 heavy (non-hydrogen) atoms. The molecule has 1 atom stereocenters. The van der Waals surface area contributed by atoms with Crippen molar-refractivity contribution in [2.75, 3.05) is 19.9 Å². The van der Waals surface area contributed by atoms with E-state index in [-0.39, 0.29) is 22.4 Å². The molecule has 0 saturated heterocycles. The molecule has 0 aliphatic heterocycles. The molecule has 0 aliphatic rings. The summed E-state index contributed by atoms with van der Waals surface area (Å²) in [5.74, 6) is 0. The first-order chi connectivity index (χ1) is 4.41. The average molecular weight is 153 g/mol. The van der Waals surface area contributed by atoms with E-state index >= 15 is 0 Å². The Balaban J connectivity index is 2.60. The van der Waals surface area contributed by atoms with Crippen molar-refractivity contribution in [2.45, 2.75) is 6.42 Å². The van der Waals surface area contributed by atoms with Crippen molar-refractivity contribution in [1.82, 2.24) is 0 Å². The van der Waals surface area contributed by atoms with E-state index in [4.69, 9.17) is 15.4 Å². The van der Waals surface area contributed by atoms with Gasteiger partial charge in [-0.15, -0.1) is 0 Å². The molecule has 0 amide bonds. The molecule has 0 bridgehead atoms. The van der Waals surface area contributed by atoms with Crippen LogP contribution in [0.1, 0.15) is 6.42 Å². The molecule has 0 aromatic rings. The molecule has 0 aromatic carbocycles. The Labute approximate surface area is 56.3 Å². The highest BCUT2D eigenvalue weighted by Crippen LogP contribution is 2.11. The normalized spacial score (nSPS) is 11.3. The van der Waals surface area contributed by atoms with Gasteiger partial charge in [-0.3, -0.25) is 0 Å². The predicted molar refractivity (Wildman–Crippen MR) is 36.1 cm³/mol. The Kier molecular flexibility index (Phi) is 8.52. The van der Waals surface area contributed by atoms with Crippen molar-refractivity contribution in [3.05, 3.63) is 0 Å². The highest BCUT2D eigenvalue weighted by atomic mass is 31.1. The summed E-state index contributed by atoms with van der Waals surface area (Å²) in [4.78, 5) is 0. The highest BCUT2D eigenvalue weighted by Gasteiger charge is 1.85. The van der Waals surface area contributed by atoms with Crippen molar-refractivity contribution in [1.29, 1.82) is 0 Å². The molecule has 0 saturated carbocycles. The van der Waals surface area contributed by atoms with Gasteiger partial charge >= 0.3 is 0 Å². The molecule has 3 N–H and O–H groups in total. The quantitative estimate of drug-likeness (QED) is 0.316. The zero-order valence-electron chi connectivity index (χ0n) is 5.17. The standard InChI is InChI=1S/C4H12NO3P/c5-4-8-9-7-3-1-2-6/h6,9H,1-5H2. The Hall–Kier alpha value is 0.270. The van der Waals surface area contributed by atoms with E-state index in [9.17, 15) is 0 Å². The second-order valence-electron chi connectivity index (χ2n) is 1.32. The summed E-state index contributed by atoms with van der Waals surface area (Å²) in [5, 5.41) is 8.28. The van der Waals surface area contributed by atoms with Crippen LogP contribution in [0.25, 0.3) is 0 Å². The van der Waals surface area contributed by atoms with Crippen LogP contribution in [0.15, 0.2) is 0 Å². The Morgan fingerprint density at radius 1 is 1.44 bits per heavy atom. The Morgan fingerprint density at radius 3 is 2.78 bits per heavy atom. The number of rotatable bonds is 6. The third-order valence-corrected chi connectivity index (χ3v) is 1.21. The minimum absolute atomic E-state index is 0.00597. The lowest BCUT2D eigenvalue weighted by atomic mass is 10.5. The van der Waals surface area contributed by atoms with Gasteiger partial charge < -0.3 is 19.9 Å². The third kappa shape index (κ3) is 8.27. The van der Waals surface area contributed by atoms with Crippen molar-refractivity contribution in [2.24, 2.45) is 5.73 Å². The lowest BCUT2D eigenvalue weighted by Gasteiger charge is -1.99. The van der Waals surface area contributed by atoms with E-state index in [0.29, 0.717) is 13.0 Å². The van der Waals surface area contributed by atoms with E-state index in [2.05, 4.69) is 4.52 Å². The smallest absolute Gasteiger partial charge is 0.156 e. The van der Waals surface area contributed by atoms with Crippen LogP contribution in [-0.4, -0.2) is 25.1 Å². The van der Waals surface area contributed by atoms with E-state index in [1.54, 1.807) is 0 Å². The van der Waals surface area contributed by atoms with Gasteiger partial charge in [-0.2, -0.15) is 0 Å². The minimum Gasteiger partial charge on any atom is -0.396 e. The summed E-state index contributed by atoms with van der Waals surface area (Å²) < 4.78 is 9.56. The number of aliphatic hydroxyl groups is 1. The average Bonchev–Trinajstić information content (AvgIpc) is 1.89. The summed E-state index contributed by atoms with van der Waals surface area (Å²) in [6.07, 6.45) is 0.654. The molecule has 0 aliphatic carbocycles. The Morgan fingerprint density at radius 2 is 2.22 bits per heavy atom. The molecular weight excluding hydrogens is 141 g/mol. The molecule has 0 rings (SSSR count). The van der Waals surface area contributed by atoms with Crippen LogP contribution in [-0.2, 0) is 9.05 Å². The number of hydrogen-bond donors (Lipinski definition) is 2. The maximum atomic E-state index is 8.28. The van der Waals surface area contributed by atoms with Crippen LogP contribution >= 0.6 is 9.03 Å². The minimum atomic E-state index is 0.00597. The van der Waals surface area contributed by atoms with E-state index < -0.39 is 0 Å². The second-order valence-corrected chi connectivity index (χ2v) is 2.06. The lowest BCUT2D eigenvalue weighted by Crippen LogP contribution is -1.98. The first kappa shape index (κ1) is 9.27. The van der Waals surface area contributed by atoms with Gasteiger partial charge in [-0.25, -0.2) is 0 Å². The van der Waals surface area contributed by atoms with Gasteiger partial charge in [0.15, 0.2) is 9.03 Å². The zero-order chi connectivity index (χ0) is 6.95. The van der Waals surface area contributed by atoms with Crippen LogP contribution in [0.4, 0.5) is 0 Å². The van der Waals surface area contributed by atoms with E-state index in [1.165, 1.54) is 0 Å². The van der Waals surface area contributed by atoms with Crippen LogP contribution in [0.5, 0.6) is 0 Å². The first-order valence-electron chi connectivity index (χ1n) is 2.71. The van der Waals surface area contributed by atoms with Crippen LogP contribution in [0, 0.1) is 0 Å². The molecule has 1 unspecified atom stereocenters. The van der Waals surface area contributed by atoms with Crippen molar-refractivity contribution >= 4 is 9.03 Å². The molecule has 0 heterocycles. The van der Waals surface area contributed by atoms with Gasteiger partial charge in [0.2, 0.25) is 0 Å². The molecule has 0 fully saturated rings. The number of nitrogens with two attached hydrogens (primary N) is 1. The molecular formula is C4H12NO3P. The largest absolute Gasteiger partial charge is 0.396 e. The second kappa shape index (κ2) is 8.27. The fourth-order valence-corrected chi connectivity index (χ4v) is 0.633. The molecule has 4 nitrogen and oxygen atoms in total. The molecule has 5 heteroatoms. The van der Waals surface area contributed by atoms with Gasteiger partial charge in [0, 0.05) is 6.61 Å². The summed E-state index contributed by atoms with van der Waals surface area (Å²) in [7, 11) is 0.00597. The molecule has 0 aromatic heterocycles. The van der Waals surface area contributed by atoms with Gasteiger partial charge in [0.1, 0.15) is 6.73 Å². The van der Waals surface area contributed by atoms with Gasteiger partial charge in [-0.1, -0.05) is 0 Å². The summed E-state index contributed by atoms with van der Waals surface area (Å²) >= 11 is 0. The van der Waals surface area contributed by atoms with Gasteiger partial charge in [0.05, 0.1) is 6.61 Å². The Bertz CT molecular complexity index is 49.1. The first-order valence-corrected chi connectivity index (χ1v) is 3.53. The van der Waals surface area contributed by atoms with Gasteiger partial charge in [-0.05, 0) is 6.42 Å². The van der Waals surface area contributed by atoms with E-state index in [1.807, 2.05) is 0 Å².